The fourth-order valence-corrected chi connectivity index (χ4v) is 2.15. The number of hydrogen-bond donors (Lipinski definition) is 1. The van der Waals surface area contributed by atoms with Crippen LogP contribution in [0.4, 0.5) is 0 Å². The molecule has 1 unspecified atom stereocenters. The molecule has 0 aliphatic heterocycles. The van der Waals surface area contributed by atoms with Crippen LogP contribution >= 0.6 is 0 Å². The fraction of sp³-hybridized carbons (Fsp3) is 0.467. The smallest absolute Gasteiger partial charge is 0.181 e. The van der Waals surface area contributed by atoms with E-state index < -0.39 is 0 Å². The number of hydrogen-bond acceptors (Lipinski definition) is 3. The number of aromatic nitrogens is 3. The van der Waals surface area contributed by atoms with Crippen LogP contribution in [0, 0.1) is 5.92 Å². The molecule has 0 saturated carbocycles. The minimum atomic E-state index is 0.641. The molecule has 19 heavy (non-hydrogen) atoms. The van der Waals surface area contributed by atoms with E-state index in [1.54, 1.807) is 0 Å². The molecule has 1 heterocycles. The zero-order valence-corrected chi connectivity index (χ0v) is 11.7. The third kappa shape index (κ3) is 3.64. The summed E-state index contributed by atoms with van der Waals surface area (Å²) in [6, 6.07) is 10.1. The monoisotopic (exact) mass is 258 g/mol. The molecule has 0 bridgehead atoms. The molecule has 1 aromatic heterocycles. The summed E-state index contributed by atoms with van der Waals surface area (Å²) in [5.74, 6) is 2.49. The van der Waals surface area contributed by atoms with Gasteiger partial charge in [0.15, 0.2) is 5.82 Å². The molecule has 0 saturated heterocycles. The zero-order chi connectivity index (χ0) is 13.7. The summed E-state index contributed by atoms with van der Waals surface area (Å²) >= 11 is 0. The molecule has 0 aliphatic rings. The summed E-state index contributed by atoms with van der Waals surface area (Å²) in [5.41, 5.74) is 6.64. The molecule has 2 aromatic rings. The van der Waals surface area contributed by atoms with E-state index in [2.05, 4.69) is 17.0 Å². The average Bonchev–Trinajstić information content (AvgIpc) is 2.79. The fourth-order valence-electron chi connectivity index (χ4n) is 2.15. The van der Waals surface area contributed by atoms with Crippen molar-refractivity contribution in [2.75, 3.05) is 6.54 Å². The van der Waals surface area contributed by atoms with Gasteiger partial charge in [0.1, 0.15) is 5.82 Å². The van der Waals surface area contributed by atoms with Crippen LogP contribution < -0.4 is 5.73 Å². The van der Waals surface area contributed by atoms with Crippen molar-refractivity contribution in [2.45, 2.75) is 26.2 Å². The van der Waals surface area contributed by atoms with Gasteiger partial charge in [-0.15, -0.1) is 0 Å². The largest absolute Gasteiger partial charge is 0.330 e. The van der Waals surface area contributed by atoms with Crippen LogP contribution in [0.25, 0.3) is 11.4 Å². The Morgan fingerprint density at radius 1 is 1.21 bits per heavy atom. The van der Waals surface area contributed by atoms with Crippen LogP contribution in [0.15, 0.2) is 30.3 Å². The number of rotatable bonds is 6. The van der Waals surface area contributed by atoms with Gasteiger partial charge in [-0.05, 0) is 25.3 Å². The van der Waals surface area contributed by atoms with Crippen molar-refractivity contribution in [3.05, 3.63) is 36.2 Å². The van der Waals surface area contributed by atoms with E-state index in [0.717, 1.165) is 43.0 Å². The molecule has 0 radical (unpaired) electrons. The highest BCUT2D eigenvalue weighted by Gasteiger charge is 2.10. The molecular weight excluding hydrogens is 236 g/mol. The lowest BCUT2D eigenvalue weighted by Gasteiger charge is -2.08. The van der Waals surface area contributed by atoms with Crippen LogP contribution in [0.1, 0.15) is 25.6 Å². The van der Waals surface area contributed by atoms with E-state index in [1.807, 2.05) is 42.1 Å². The summed E-state index contributed by atoms with van der Waals surface area (Å²) in [5, 5.41) is 4.49. The highest BCUT2D eigenvalue weighted by atomic mass is 15.3. The number of nitrogens with two attached hydrogens (primary N) is 1. The molecule has 1 aromatic carbocycles. The Labute approximate surface area is 114 Å². The maximum atomic E-state index is 5.58. The molecule has 0 amide bonds. The molecule has 2 rings (SSSR count). The number of nitrogens with zero attached hydrogens (tertiary/aromatic N) is 3. The lowest BCUT2D eigenvalue weighted by molar-refractivity contribution is 0.487. The summed E-state index contributed by atoms with van der Waals surface area (Å²) in [7, 11) is 1.96. The minimum Gasteiger partial charge on any atom is -0.330 e. The lowest BCUT2D eigenvalue weighted by atomic mass is 10.0. The third-order valence-corrected chi connectivity index (χ3v) is 3.41. The maximum Gasteiger partial charge on any atom is 0.181 e. The predicted molar refractivity (Wildman–Crippen MR) is 77.6 cm³/mol. The first kappa shape index (κ1) is 13.7. The van der Waals surface area contributed by atoms with Gasteiger partial charge in [-0.2, -0.15) is 5.10 Å². The van der Waals surface area contributed by atoms with E-state index in [0.29, 0.717) is 5.92 Å². The molecule has 2 N–H and O–H groups in total. The second kappa shape index (κ2) is 6.48. The molecule has 0 spiro atoms. The van der Waals surface area contributed by atoms with Crippen molar-refractivity contribution < 1.29 is 0 Å². The molecule has 4 heteroatoms. The van der Waals surface area contributed by atoms with Gasteiger partial charge in [0.25, 0.3) is 0 Å². The average molecular weight is 258 g/mol. The molecule has 0 aliphatic carbocycles. The molecule has 1 atom stereocenters. The normalized spacial score (nSPS) is 12.6. The molecule has 102 valence electrons. The highest BCUT2D eigenvalue weighted by Crippen LogP contribution is 2.16. The quantitative estimate of drug-likeness (QED) is 0.865. The van der Waals surface area contributed by atoms with E-state index in [9.17, 15) is 0 Å². The van der Waals surface area contributed by atoms with Gasteiger partial charge in [-0.25, -0.2) is 4.98 Å². The third-order valence-electron chi connectivity index (χ3n) is 3.41. The second-order valence-corrected chi connectivity index (χ2v) is 5.06. The van der Waals surface area contributed by atoms with Crippen molar-refractivity contribution in [3.63, 3.8) is 0 Å². The van der Waals surface area contributed by atoms with Crippen molar-refractivity contribution in [1.82, 2.24) is 14.8 Å². The Morgan fingerprint density at radius 3 is 2.63 bits per heavy atom. The molecule has 0 fully saturated rings. The number of benzene rings is 1. The SMILES string of the molecule is CC(CCN)CCc1nc(-c2ccccc2)nn1C. The lowest BCUT2D eigenvalue weighted by Crippen LogP contribution is -2.08. The zero-order valence-electron chi connectivity index (χ0n) is 11.7. The van der Waals surface area contributed by atoms with Gasteiger partial charge < -0.3 is 5.73 Å². The van der Waals surface area contributed by atoms with Gasteiger partial charge in [-0.3, -0.25) is 4.68 Å². The van der Waals surface area contributed by atoms with Crippen molar-refractivity contribution >= 4 is 0 Å². The summed E-state index contributed by atoms with van der Waals surface area (Å²) in [4.78, 5) is 4.63. The minimum absolute atomic E-state index is 0.641. The standard InChI is InChI=1S/C15H22N4/c1-12(10-11-16)8-9-14-17-15(18-19(14)2)13-6-4-3-5-7-13/h3-7,12H,8-11,16H2,1-2H3. The van der Waals surface area contributed by atoms with Crippen LogP contribution in [-0.2, 0) is 13.5 Å². The Balaban J connectivity index is 2.05. The van der Waals surface area contributed by atoms with Crippen LogP contribution in [-0.4, -0.2) is 21.3 Å². The number of aryl methyl sites for hydroxylation is 2. The van der Waals surface area contributed by atoms with Gasteiger partial charge in [-0.1, -0.05) is 37.3 Å². The van der Waals surface area contributed by atoms with Crippen molar-refractivity contribution in [1.29, 1.82) is 0 Å². The predicted octanol–water partition coefficient (Wildman–Crippen LogP) is 2.40. The topological polar surface area (TPSA) is 56.7 Å². The van der Waals surface area contributed by atoms with Gasteiger partial charge >= 0.3 is 0 Å². The molecular formula is C15H22N4. The first-order valence-electron chi connectivity index (χ1n) is 6.86. The van der Waals surface area contributed by atoms with Gasteiger partial charge in [0.05, 0.1) is 0 Å². The van der Waals surface area contributed by atoms with Crippen molar-refractivity contribution in [3.8, 4) is 11.4 Å². The summed E-state index contributed by atoms with van der Waals surface area (Å²) < 4.78 is 1.89. The van der Waals surface area contributed by atoms with E-state index >= 15 is 0 Å². The van der Waals surface area contributed by atoms with Crippen LogP contribution in [0.2, 0.25) is 0 Å². The van der Waals surface area contributed by atoms with Crippen LogP contribution in [0.3, 0.4) is 0 Å². The Kier molecular flexibility index (Phi) is 4.68. The highest BCUT2D eigenvalue weighted by molar-refractivity contribution is 5.53. The second-order valence-electron chi connectivity index (χ2n) is 5.06. The van der Waals surface area contributed by atoms with Crippen LogP contribution in [0.5, 0.6) is 0 Å². The Hall–Kier alpha value is -1.68. The van der Waals surface area contributed by atoms with E-state index in [4.69, 9.17) is 5.73 Å². The Bertz CT molecular complexity index is 504. The van der Waals surface area contributed by atoms with Gasteiger partial charge in [0, 0.05) is 19.0 Å². The van der Waals surface area contributed by atoms with Gasteiger partial charge in [0.2, 0.25) is 0 Å². The van der Waals surface area contributed by atoms with E-state index in [-0.39, 0.29) is 0 Å². The summed E-state index contributed by atoms with van der Waals surface area (Å²) in [6.45, 7) is 3.00. The first-order valence-corrected chi connectivity index (χ1v) is 6.86. The summed E-state index contributed by atoms with van der Waals surface area (Å²) in [6.07, 6.45) is 3.14. The first-order chi connectivity index (χ1) is 9.20. The maximum absolute atomic E-state index is 5.58. The Morgan fingerprint density at radius 2 is 1.95 bits per heavy atom. The van der Waals surface area contributed by atoms with Crippen molar-refractivity contribution in [2.24, 2.45) is 18.7 Å². The molecule has 4 nitrogen and oxygen atoms in total. The van der Waals surface area contributed by atoms with E-state index in [1.165, 1.54) is 0 Å².